The highest BCUT2D eigenvalue weighted by atomic mass is 32.2. The standard InChI is InChI=1S/C29H34F2N4O3S2/c1-32-40(37,23-8-6-22(38-2)7-9-23)35-15-3-4-25(35)27(36)34(17-20-5-10-26-24(16-20)33-19-39-26)21-11-13-28(14-12-21)18-29(28,30)31/h5-10,16,19,21,25H,3-4,11-15,17-18H2,1-2H3/t21?,25-,28?,40+/m0/s1. The number of thiazole rings is 1. The zero-order valence-electron chi connectivity index (χ0n) is 22.7. The van der Waals surface area contributed by atoms with E-state index in [4.69, 9.17) is 4.74 Å². The lowest BCUT2D eigenvalue weighted by Crippen LogP contribution is -2.51. The predicted octanol–water partition coefficient (Wildman–Crippen LogP) is 6.14. The maximum Gasteiger partial charge on any atom is 0.254 e. The number of hydrogen-bond acceptors (Lipinski definition) is 6. The molecule has 40 heavy (non-hydrogen) atoms. The normalized spacial score (nSPS) is 27.4. The van der Waals surface area contributed by atoms with Gasteiger partial charge >= 0.3 is 0 Å². The quantitative estimate of drug-likeness (QED) is 0.333. The molecule has 11 heteroatoms. The number of aromatic nitrogens is 1. The van der Waals surface area contributed by atoms with Gasteiger partial charge in [0.2, 0.25) is 5.91 Å². The Balaban J connectivity index is 1.30. The van der Waals surface area contributed by atoms with Crippen molar-refractivity contribution in [3.63, 3.8) is 0 Å². The van der Waals surface area contributed by atoms with Crippen LogP contribution < -0.4 is 4.74 Å². The molecule has 0 bridgehead atoms. The molecule has 0 N–H and O–H groups in total. The van der Waals surface area contributed by atoms with Gasteiger partial charge in [0.15, 0.2) is 0 Å². The van der Waals surface area contributed by atoms with Crippen LogP contribution in [-0.2, 0) is 21.3 Å². The maximum atomic E-state index is 14.4. The van der Waals surface area contributed by atoms with Gasteiger partial charge in [-0.1, -0.05) is 6.07 Å². The number of benzene rings is 2. The van der Waals surface area contributed by atoms with Crippen LogP contribution in [0.5, 0.6) is 5.75 Å². The third-order valence-electron chi connectivity index (χ3n) is 9.02. The summed E-state index contributed by atoms with van der Waals surface area (Å²) in [7, 11) is 0.0666. The van der Waals surface area contributed by atoms with E-state index in [1.54, 1.807) is 52.5 Å². The van der Waals surface area contributed by atoms with Crippen LogP contribution in [0, 0.1) is 5.41 Å². The van der Waals surface area contributed by atoms with E-state index in [-0.39, 0.29) is 18.4 Å². The molecule has 2 aromatic carbocycles. The van der Waals surface area contributed by atoms with Crippen molar-refractivity contribution in [1.82, 2.24) is 14.2 Å². The Morgan fingerprint density at radius 1 is 1.20 bits per heavy atom. The molecular weight excluding hydrogens is 554 g/mol. The first-order chi connectivity index (χ1) is 19.2. The number of amides is 1. The molecule has 3 aromatic rings. The van der Waals surface area contributed by atoms with Gasteiger partial charge in [-0.05, 0) is 80.5 Å². The van der Waals surface area contributed by atoms with Crippen LogP contribution in [0.3, 0.4) is 0 Å². The summed E-state index contributed by atoms with van der Waals surface area (Å²) >= 11 is 1.56. The number of carbonyl (C=O) groups is 1. The SMILES string of the molecule is CN=[S@](=O)(c1ccc(OC)cc1)N1CCC[C@H]1C(=O)N(Cc1ccc2scnc2c1)C1CCC2(CC1)CC2(F)F. The van der Waals surface area contributed by atoms with Crippen molar-refractivity contribution in [2.24, 2.45) is 9.78 Å². The second-order valence-corrected chi connectivity index (χ2v) is 14.4. The van der Waals surface area contributed by atoms with E-state index in [0.29, 0.717) is 55.8 Å². The summed E-state index contributed by atoms with van der Waals surface area (Å²) in [5.74, 6) is -2.04. The Bertz CT molecular complexity index is 1530. The predicted molar refractivity (Wildman–Crippen MR) is 152 cm³/mol. The van der Waals surface area contributed by atoms with Crippen LogP contribution in [0.25, 0.3) is 10.2 Å². The second kappa shape index (κ2) is 10.3. The number of rotatable bonds is 7. The van der Waals surface area contributed by atoms with Gasteiger partial charge in [0, 0.05) is 38.0 Å². The van der Waals surface area contributed by atoms with E-state index in [1.807, 2.05) is 23.1 Å². The number of halogens is 2. The average Bonchev–Trinajstić information content (AvgIpc) is 3.41. The van der Waals surface area contributed by atoms with Gasteiger partial charge in [0.1, 0.15) is 21.7 Å². The molecule has 2 saturated carbocycles. The largest absolute Gasteiger partial charge is 0.497 e. The summed E-state index contributed by atoms with van der Waals surface area (Å²) in [6.07, 6.45) is 3.16. The summed E-state index contributed by atoms with van der Waals surface area (Å²) in [4.78, 5) is 21.2. The van der Waals surface area contributed by atoms with Crippen LogP contribution in [0.4, 0.5) is 8.78 Å². The third-order valence-corrected chi connectivity index (χ3v) is 12.3. The van der Waals surface area contributed by atoms with Gasteiger partial charge < -0.3 is 9.64 Å². The Labute approximate surface area is 237 Å². The van der Waals surface area contributed by atoms with Gasteiger partial charge in [-0.2, -0.15) is 0 Å². The number of alkyl halides is 2. The molecule has 2 heterocycles. The lowest BCUT2D eigenvalue weighted by atomic mass is 9.82. The molecule has 6 rings (SSSR count). The highest BCUT2D eigenvalue weighted by molar-refractivity contribution is 7.91. The van der Waals surface area contributed by atoms with Gasteiger partial charge in [-0.25, -0.2) is 26.6 Å². The molecular formula is C29H34F2N4O3S2. The zero-order valence-corrected chi connectivity index (χ0v) is 24.4. The maximum absolute atomic E-state index is 14.4. The summed E-state index contributed by atoms with van der Waals surface area (Å²) in [5, 5.41) is 0. The van der Waals surface area contributed by atoms with E-state index in [0.717, 1.165) is 22.2 Å². The number of methoxy groups -OCH3 is 1. The van der Waals surface area contributed by atoms with E-state index in [9.17, 15) is 17.8 Å². The lowest BCUT2D eigenvalue weighted by Gasteiger charge is -2.40. The highest BCUT2D eigenvalue weighted by Crippen LogP contribution is 2.67. The monoisotopic (exact) mass is 588 g/mol. The van der Waals surface area contributed by atoms with Crippen molar-refractivity contribution in [3.8, 4) is 5.75 Å². The average molecular weight is 589 g/mol. The lowest BCUT2D eigenvalue weighted by molar-refractivity contribution is -0.139. The summed E-state index contributed by atoms with van der Waals surface area (Å²) in [6, 6.07) is 12.2. The molecule has 1 spiro atoms. The Morgan fingerprint density at radius 2 is 1.93 bits per heavy atom. The molecule has 1 saturated heterocycles. The summed E-state index contributed by atoms with van der Waals surface area (Å²) in [5.41, 5.74) is 2.74. The van der Waals surface area contributed by atoms with Crippen molar-refractivity contribution < 1.29 is 22.5 Å². The molecule has 7 nitrogen and oxygen atoms in total. The molecule has 0 unspecified atom stereocenters. The minimum Gasteiger partial charge on any atom is -0.497 e. The van der Waals surface area contributed by atoms with Crippen molar-refractivity contribution in [3.05, 3.63) is 53.5 Å². The molecule has 1 aromatic heterocycles. The van der Waals surface area contributed by atoms with Gasteiger partial charge in [0.05, 0.1) is 27.7 Å². The van der Waals surface area contributed by atoms with Crippen LogP contribution in [0.1, 0.15) is 50.5 Å². The Hall–Kier alpha value is -2.63. The topological polar surface area (TPSA) is 75.1 Å². The molecule has 2 aliphatic carbocycles. The van der Waals surface area contributed by atoms with Crippen molar-refractivity contribution >= 4 is 37.4 Å². The third kappa shape index (κ3) is 4.69. The van der Waals surface area contributed by atoms with Crippen LogP contribution in [-0.4, -0.2) is 63.0 Å². The molecule has 214 valence electrons. The second-order valence-electron chi connectivity index (χ2n) is 11.2. The van der Waals surface area contributed by atoms with E-state index < -0.39 is 27.3 Å². The summed E-state index contributed by atoms with van der Waals surface area (Å²) in [6.45, 7) is 0.842. The van der Waals surface area contributed by atoms with Gasteiger partial charge in [-0.15, -0.1) is 11.3 Å². The van der Waals surface area contributed by atoms with E-state index in [2.05, 4.69) is 9.35 Å². The van der Waals surface area contributed by atoms with Crippen LogP contribution in [0.15, 0.2) is 57.2 Å². The van der Waals surface area contributed by atoms with Crippen molar-refractivity contribution in [1.29, 1.82) is 0 Å². The van der Waals surface area contributed by atoms with Crippen LogP contribution in [0.2, 0.25) is 0 Å². The molecule has 3 fully saturated rings. The fraction of sp³-hybridized carbons (Fsp3) is 0.517. The smallest absolute Gasteiger partial charge is 0.254 e. The van der Waals surface area contributed by atoms with Crippen molar-refractivity contribution in [2.45, 2.75) is 74.4 Å². The minimum atomic E-state index is -3.04. The van der Waals surface area contributed by atoms with Crippen LogP contribution >= 0.6 is 11.3 Å². The number of carbonyl (C=O) groups excluding carboxylic acids is 1. The first-order valence-corrected chi connectivity index (χ1v) is 16.1. The Kier molecular flexibility index (Phi) is 7.11. The van der Waals surface area contributed by atoms with Gasteiger partial charge in [0.25, 0.3) is 5.92 Å². The fourth-order valence-corrected chi connectivity index (χ4v) is 9.31. The van der Waals surface area contributed by atoms with Gasteiger partial charge in [-0.3, -0.25) is 4.79 Å². The first kappa shape index (κ1) is 27.5. The highest BCUT2D eigenvalue weighted by Gasteiger charge is 2.70. The first-order valence-electron chi connectivity index (χ1n) is 13.8. The molecule has 0 radical (unpaired) electrons. The Morgan fingerprint density at radius 3 is 2.58 bits per heavy atom. The zero-order chi connectivity index (χ0) is 28.1. The van der Waals surface area contributed by atoms with Crippen molar-refractivity contribution in [2.75, 3.05) is 20.7 Å². The number of fused-ring (bicyclic) bond motifs is 1. The van der Waals surface area contributed by atoms with E-state index in [1.165, 1.54) is 7.05 Å². The summed E-state index contributed by atoms with van der Waals surface area (Å²) < 4.78 is 55.1. The van der Waals surface area contributed by atoms with E-state index >= 15 is 0 Å². The minimum absolute atomic E-state index is 0.0422. The number of ether oxygens (including phenoxy) is 1. The molecule has 1 amide bonds. The molecule has 3 aliphatic rings. The number of hydrogen-bond donors (Lipinski definition) is 0. The fourth-order valence-electron chi connectivity index (χ4n) is 6.55. The molecule has 1 aliphatic heterocycles. The number of nitrogens with zero attached hydrogens (tertiary/aromatic N) is 4. The molecule has 2 atom stereocenters.